The van der Waals surface area contributed by atoms with Gasteiger partial charge in [-0.15, -0.1) is 0 Å². The minimum Gasteiger partial charge on any atom is -0.478 e. The number of carbonyl (C=O) groups is 2. The van der Waals surface area contributed by atoms with Gasteiger partial charge in [0.1, 0.15) is 23.0 Å². The second-order valence-electron chi connectivity index (χ2n) is 11.3. The first-order valence-corrected chi connectivity index (χ1v) is 14.8. The third kappa shape index (κ3) is 5.38. The monoisotopic (exact) mass is 620 g/mol. The van der Waals surface area contributed by atoms with Crippen molar-refractivity contribution in [1.82, 2.24) is 0 Å². The average Bonchev–Trinajstić information content (AvgIpc) is 3.44. The zero-order chi connectivity index (χ0) is 32.7. The van der Waals surface area contributed by atoms with E-state index in [0.29, 0.717) is 23.0 Å². The largest absolute Gasteiger partial charge is 0.478 e. The van der Waals surface area contributed by atoms with Crippen LogP contribution in [0.2, 0.25) is 0 Å². The third-order valence-electron chi connectivity index (χ3n) is 8.41. The summed E-state index contributed by atoms with van der Waals surface area (Å²) in [5, 5.41) is 21.2. The summed E-state index contributed by atoms with van der Waals surface area (Å²) in [6.45, 7) is 0. The van der Waals surface area contributed by atoms with Crippen LogP contribution in [0.4, 0.5) is 11.4 Å². The summed E-state index contributed by atoms with van der Waals surface area (Å²) in [5.74, 6) is -0.444. The predicted molar refractivity (Wildman–Crippen MR) is 180 cm³/mol. The molecule has 0 saturated carbocycles. The molecule has 0 fully saturated rings. The zero-order valence-electron chi connectivity index (χ0n) is 24.9. The van der Waals surface area contributed by atoms with Crippen LogP contribution in [0.5, 0.6) is 23.0 Å². The highest BCUT2D eigenvalue weighted by Crippen LogP contribution is 2.43. The first kappa shape index (κ1) is 29.2. The predicted octanol–water partition coefficient (Wildman–Crippen LogP) is 6.26. The van der Waals surface area contributed by atoms with E-state index >= 15 is 0 Å². The van der Waals surface area contributed by atoms with Crippen molar-refractivity contribution in [3.8, 4) is 23.0 Å². The summed E-state index contributed by atoms with van der Waals surface area (Å²) < 4.78 is 12.0. The molecule has 0 heterocycles. The molecule has 47 heavy (non-hydrogen) atoms. The molecule has 0 radical (unpaired) electrons. The quantitative estimate of drug-likeness (QED) is 0.149. The van der Waals surface area contributed by atoms with Crippen molar-refractivity contribution in [2.45, 2.75) is 5.41 Å². The maximum Gasteiger partial charge on any atom is 0.337 e. The number of fused-ring (bicyclic) bond motifs is 2. The van der Waals surface area contributed by atoms with Crippen LogP contribution < -0.4 is 31.4 Å². The van der Waals surface area contributed by atoms with Crippen molar-refractivity contribution in [2.24, 2.45) is 0 Å². The van der Waals surface area contributed by atoms with Crippen LogP contribution in [-0.2, 0) is 5.41 Å². The molecular formula is C39H28N2O6. The summed E-state index contributed by atoms with van der Waals surface area (Å²) in [6, 6.07) is 32.8. The van der Waals surface area contributed by atoms with Gasteiger partial charge in [-0.05, 0) is 99.5 Å². The molecule has 230 valence electrons. The van der Waals surface area contributed by atoms with Gasteiger partial charge in [-0.2, -0.15) is 0 Å². The number of nitrogens with two attached hydrogens (primary N) is 2. The highest BCUT2D eigenvalue weighted by Gasteiger charge is 2.33. The Labute approximate surface area is 269 Å². The van der Waals surface area contributed by atoms with Crippen molar-refractivity contribution in [2.75, 3.05) is 11.5 Å². The smallest absolute Gasteiger partial charge is 0.337 e. The Hall–Kier alpha value is -6.54. The molecule has 8 nitrogen and oxygen atoms in total. The Morgan fingerprint density at radius 2 is 1.11 bits per heavy atom. The number of hydrogen-bond donors (Lipinski definition) is 4. The van der Waals surface area contributed by atoms with Crippen molar-refractivity contribution in [3.63, 3.8) is 0 Å². The van der Waals surface area contributed by atoms with Crippen molar-refractivity contribution in [1.29, 1.82) is 0 Å². The van der Waals surface area contributed by atoms with Gasteiger partial charge in [0.2, 0.25) is 0 Å². The molecule has 5 aromatic carbocycles. The minimum absolute atomic E-state index is 0.0240. The standard InChI is InChI=1S/C39H28N2O6/c40-35-15-13-29(20-33(35)37(42)43)46-27-9-5-25(6-10-27)39(18-17-32-24(22-39)19-23-3-1-2-4-31(23)32)26-7-11-28(12-8-26)47-30-14-16-36(41)34(21-30)38(44)45/h1-22H,40-41H2,(H,42,43)(H,44,45). The number of aromatic carboxylic acids is 2. The van der Waals surface area contributed by atoms with E-state index in [1.165, 1.54) is 29.5 Å². The average molecular weight is 621 g/mol. The van der Waals surface area contributed by atoms with E-state index in [0.717, 1.165) is 27.5 Å². The molecule has 0 bridgehead atoms. The van der Waals surface area contributed by atoms with Crippen LogP contribution in [-0.4, -0.2) is 22.2 Å². The van der Waals surface area contributed by atoms with Crippen molar-refractivity contribution < 1.29 is 29.3 Å². The number of rotatable bonds is 8. The summed E-state index contributed by atoms with van der Waals surface area (Å²) in [5.41, 5.74) is 15.5. The molecule has 0 amide bonds. The number of carboxylic acid groups (broad SMARTS) is 2. The molecule has 0 aliphatic heterocycles. The second-order valence-corrected chi connectivity index (χ2v) is 11.3. The third-order valence-corrected chi connectivity index (χ3v) is 8.41. The number of carboxylic acids is 2. The SMILES string of the molecule is Nc1ccc(Oc2ccc(C3(c4ccc(Oc5ccc(N)c(C(=O)O)c5)cc4)C=CC4=c5ccccc5=CC4=C3)cc2)cc1C(=O)O. The van der Waals surface area contributed by atoms with Crippen molar-refractivity contribution >= 4 is 35.0 Å². The summed E-state index contributed by atoms with van der Waals surface area (Å²) >= 11 is 0. The van der Waals surface area contributed by atoms with E-state index in [-0.39, 0.29) is 22.5 Å². The number of benzene rings is 5. The Morgan fingerprint density at radius 3 is 1.62 bits per heavy atom. The maximum absolute atomic E-state index is 11.5. The van der Waals surface area contributed by atoms with Crippen LogP contribution in [0.3, 0.4) is 0 Å². The van der Waals surface area contributed by atoms with Crippen LogP contribution in [0.1, 0.15) is 31.8 Å². The lowest BCUT2D eigenvalue weighted by molar-refractivity contribution is 0.0687. The summed E-state index contributed by atoms with van der Waals surface area (Å²) in [6.07, 6.45) is 8.80. The Bertz CT molecular complexity index is 2160. The molecule has 2 aliphatic rings. The molecule has 7 rings (SSSR count). The number of ether oxygens (including phenoxy) is 2. The van der Waals surface area contributed by atoms with Crippen LogP contribution in [0.15, 0.2) is 133 Å². The minimum atomic E-state index is -1.13. The van der Waals surface area contributed by atoms with Crippen LogP contribution in [0, 0.1) is 0 Å². The molecule has 0 spiro atoms. The fourth-order valence-electron chi connectivity index (χ4n) is 6.05. The van der Waals surface area contributed by atoms with E-state index < -0.39 is 17.4 Å². The van der Waals surface area contributed by atoms with Crippen molar-refractivity contribution in [3.05, 3.63) is 166 Å². The zero-order valence-corrected chi connectivity index (χ0v) is 24.9. The summed E-state index contributed by atoms with van der Waals surface area (Å²) in [7, 11) is 0. The second kappa shape index (κ2) is 11.4. The Kier molecular flexibility index (Phi) is 7.10. The van der Waals surface area contributed by atoms with Gasteiger partial charge in [0, 0.05) is 11.4 Å². The highest BCUT2D eigenvalue weighted by molar-refractivity contribution is 5.95. The lowest BCUT2D eigenvalue weighted by atomic mass is 9.70. The fourth-order valence-corrected chi connectivity index (χ4v) is 6.05. The summed E-state index contributed by atoms with van der Waals surface area (Å²) in [4.78, 5) is 23.1. The van der Waals surface area contributed by atoms with Gasteiger partial charge in [0.05, 0.1) is 16.5 Å². The van der Waals surface area contributed by atoms with Crippen LogP contribution >= 0.6 is 0 Å². The molecule has 8 heteroatoms. The van der Waals surface area contributed by atoms with Crippen LogP contribution in [0.25, 0.3) is 11.6 Å². The molecule has 5 aromatic rings. The normalized spacial score (nSPS) is 14.0. The molecular weight excluding hydrogens is 592 g/mol. The van der Waals surface area contributed by atoms with Gasteiger partial charge in [-0.1, -0.05) is 66.8 Å². The van der Waals surface area contributed by atoms with Gasteiger partial charge in [0.25, 0.3) is 0 Å². The molecule has 6 N–H and O–H groups in total. The highest BCUT2D eigenvalue weighted by atomic mass is 16.5. The van der Waals surface area contributed by atoms with Gasteiger partial charge >= 0.3 is 11.9 Å². The molecule has 0 saturated heterocycles. The van der Waals surface area contributed by atoms with E-state index in [2.05, 4.69) is 36.4 Å². The number of hydrogen-bond acceptors (Lipinski definition) is 6. The molecule has 0 atom stereocenters. The number of allylic oxidation sites excluding steroid dienone is 4. The van der Waals surface area contributed by atoms with Gasteiger partial charge in [-0.25, -0.2) is 9.59 Å². The lowest BCUT2D eigenvalue weighted by Crippen LogP contribution is -2.26. The molecule has 2 aliphatic carbocycles. The van der Waals surface area contributed by atoms with Gasteiger partial charge < -0.3 is 31.2 Å². The Balaban J connectivity index is 1.25. The molecule has 0 unspecified atom stereocenters. The van der Waals surface area contributed by atoms with E-state index in [1.807, 2.05) is 60.7 Å². The topological polar surface area (TPSA) is 145 Å². The van der Waals surface area contributed by atoms with E-state index in [4.69, 9.17) is 20.9 Å². The van der Waals surface area contributed by atoms with E-state index in [9.17, 15) is 19.8 Å². The molecule has 0 aromatic heterocycles. The number of nitrogen functional groups attached to an aromatic ring is 2. The first-order valence-electron chi connectivity index (χ1n) is 14.8. The maximum atomic E-state index is 11.5. The fraction of sp³-hybridized carbons (Fsp3) is 0.0256. The lowest BCUT2D eigenvalue weighted by Gasteiger charge is -2.33. The van der Waals surface area contributed by atoms with Gasteiger partial charge in [-0.3, -0.25) is 0 Å². The number of anilines is 2. The van der Waals surface area contributed by atoms with E-state index in [1.54, 1.807) is 12.1 Å². The first-order chi connectivity index (χ1) is 22.7. The van der Waals surface area contributed by atoms with Gasteiger partial charge in [0.15, 0.2) is 0 Å². The Morgan fingerprint density at radius 1 is 0.617 bits per heavy atom.